The van der Waals surface area contributed by atoms with Gasteiger partial charge in [-0.1, -0.05) is 30.9 Å². The molecule has 1 heteroatoms. The lowest BCUT2D eigenvalue weighted by molar-refractivity contribution is 0.995. The van der Waals surface area contributed by atoms with Gasteiger partial charge in [0.25, 0.3) is 0 Å². The van der Waals surface area contributed by atoms with Crippen molar-refractivity contribution in [2.75, 3.05) is 0 Å². The summed E-state index contributed by atoms with van der Waals surface area (Å²) in [4.78, 5) is 0. The van der Waals surface area contributed by atoms with Crippen molar-refractivity contribution in [2.45, 2.75) is 6.42 Å². The van der Waals surface area contributed by atoms with Gasteiger partial charge >= 0.3 is 0 Å². The molecule has 0 aromatic heterocycles. The highest BCUT2D eigenvalue weighted by Gasteiger charge is 2.09. The predicted molar refractivity (Wildman–Crippen MR) is 51.3 cm³/mol. The minimum Gasteiger partial charge on any atom is -0.364 e. The molecular weight excluding hydrogens is 146 g/mol. The summed E-state index contributed by atoms with van der Waals surface area (Å²) < 4.78 is 0. The average Bonchev–Trinajstić information content (AvgIpc) is 2.47. The van der Waals surface area contributed by atoms with Gasteiger partial charge in [0.05, 0.1) is 0 Å². The van der Waals surface area contributed by atoms with Gasteiger partial charge in [0, 0.05) is 23.9 Å². The fourth-order valence-electron chi connectivity index (χ4n) is 1.41. The minimum absolute atomic E-state index is 0.993. The third-order valence-corrected chi connectivity index (χ3v) is 2.04. The Hall–Kier alpha value is -1.50. The lowest BCUT2D eigenvalue weighted by Gasteiger charge is -2.08. The molecule has 0 unspecified atom stereocenters. The Labute approximate surface area is 72.5 Å². The second-order valence-corrected chi connectivity index (χ2v) is 2.89. The molecule has 0 fully saturated rings. The van der Waals surface area contributed by atoms with Crippen LogP contribution in [0.4, 0.5) is 0 Å². The zero-order valence-electron chi connectivity index (χ0n) is 6.88. The molecule has 0 bridgehead atoms. The van der Waals surface area contributed by atoms with Gasteiger partial charge in [-0.15, -0.1) is 0 Å². The Morgan fingerprint density at radius 1 is 1.25 bits per heavy atom. The molecular formula is C11H11N. The Kier molecular flexibility index (Phi) is 1.71. The molecule has 1 nitrogen and oxygen atoms in total. The van der Waals surface area contributed by atoms with Crippen molar-refractivity contribution in [3.05, 3.63) is 60.0 Å². The molecule has 0 atom stereocenters. The third-order valence-electron chi connectivity index (χ3n) is 2.04. The van der Waals surface area contributed by atoms with Crippen molar-refractivity contribution >= 4 is 0 Å². The number of allylic oxidation sites excluding steroid dienone is 7. The molecule has 0 aromatic carbocycles. The Morgan fingerprint density at radius 2 is 2.17 bits per heavy atom. The summed E-state index contributed by atoms with van der Waals surface area (Å²) in [5.41, 5.74) is 3.56. The highest BCUT2D eigenvalue weighted by Crippen LogP contribution is 2.24. The summed E-state index contributed by atoms with van der Waals surface area (Å²) >= 11 is 0. The zero-order chi connectivity index (χ0) is 8.39. The molecule has 12 heavy (non-hydrogen) atoms. The largest absolute Gasteiger partial charge is 0.364 e. The summed E-state index contributed by atoms with van der Waals surface area (Å²) in [6, 6.07) is 0. The van der Waals surface area contributed by atoms with E-state index in [9.17, 15) is 0 Å². The van der Waals surface area contributed by atoms with Crippen LogP contribution in [0.25, 0.3) is 0 Å². The number of rotatable bonds is 0. The van der Waals surface area contributed by atoms with Crippen molar-refractivity contribution in [2.24, 2.45) is 0 Å². The van der Waals surface area contributed by atoms with Crippen LogP contribution in [0.3, 0.4) is 0 Å². The molecule has 1 heterocycles. The molecule has 2 aliphatic rings. The second-order valence-electron chi connectivity index (χ2n) is 2.89. The van der Waals surface area contributed by atoms with Crippen molar-refractivity contribution in [1.29, 1.82) is 0 Å². The standard InChI is InChI=1S/C11H11N/c1-9-5-2-3-8-12-11-7-4-6-10(9)11/h2-6,8,12H,1,7H2/b5-2-,8-3-. The van der Waals surface area contributed by atoms with Gasteiger partial charge in [0.2, 0.25) is 0 Å². The number of hydrogen-bond donors (Lipinski definition) is 1. The van der Waals surface area contributed by atoms with Crippen LogP contribution in [-0.2, 0) is 0 Å². The zero-order valence-corrected chi connectivity index (χ0v) is 6.88. The molecule has 1 aliphatic heterocycles. The minimum atomic E-state index is 0.993. The van der Waals surface area contributed by atoms with E-state index in [1.54, 1.807) is 0 Å². The van der Waals surface area contributed by atoms with E-state index in [0.29, 0.717) is 0 Å². The fraction of sp³-hybridized carbons (Fsp3) is 0.0909. The van der Waals surface area contributed by atoms with Crippen molar-refractivity contribution in [3.63, 3.8) is 0 Å². The van der Waals surface area contributed by atoms with Crippen LogP contribution >= 0.6 is 0 Å². The van der Waals surface area contributed by atoms with E-state index in [0.717, 1.165) is 12.0 Å². The molecule has 0 amide bonds. The molecule has 0 saturated heterocycles. The van der Waals surface area contributed by atoms with E-state index in [1.165, 1.54) is 11.3 Å². The van der Waals surface area contributed by atoms with Gasteiger partial charge in [0.15, 0.2) is 0 Å². The van der Waals surface area contributed by atoms with Crippen molar-refractivity contribution in [1.82, 2.24) is 5.32 Å². The first kappa shape index (κ1) is 7.17. The Morgan fingerprint density at radius 3 is 3.08 bits per heavy atom. The van der Waals surface area contributed by atoms with E-state index in [2.05, 4.69) is 24.0 Å². The summed E-state index contributed by atoms with van der Waals surface area (Å²) in [7, 11) is 0. The van der Waals surface area contributed by atoms with E-state index in [4.69, 9.17) is 0 Å². The van der Waals surface area contributed by atoms with Gasteiger partial charge < -0.3 is 5.32 Å². The van der Waals surface area contributed by atoms with Gasteiger partial charge in [0.1, 0.15) is 0 Å². The van der Waals surface area contributed by atoms with Gasteiger partial charge in [-0.25, -0.2) is 0 Å². The van der Waals surface area contributed by atoms with Crippen molar-refractivity contribution < 1.29 is 0 Å². The molecule has 0 spiro atoms. The molecule has 60 valence electrons. The summed E-state index contributed by atoms with van der Waals surface area (Å²) in [6.45, 7) is 3.99. The Balaban J connectivity index is 2.41. The first-order chi connectivity index (χ1) is 5.88. The highest BCUT2D eigenvalue weighted by atomic mass is 14.9. The Bertz CT molecular complexity index is 327. The van der Waals surface area contributed by atoms with Gasteiger partial charge in [-0.2, -0.15) is 0 Å². The lowest BCUT2D eigenvalue weighted by Crippen LogP contribution is -2.05. The maximum atomic E-state index is 3.99. The van der Waals surface area contributed by atoms with Crippen LogP contribution in [0.1, 0.15) is 6.42 Å². The van der Waals surface area contributed by atoms with Gasteiger partial charge in [-0.3, -0.25) is 0 Å². The smallest absolute Gasteiger partial charge is 0.0264 e. The predicted octanol–water partition coefficient (Wildman–Crippen LogP) is 2.43. The maximum Gasteiger partial charge on any atom is 0.0264 e. The van der Waals surface area contributed by atoms with Crippen LogP contribution in [0.5, 0.6) is 0 Å². The quantitative estimate of drug-likeness (QED) is 0.569. The molecule has 0 radical (unpaired) electrons. The fourth-order valence-corrected chi connectivity index (χ4v) is 1.41. The van der Waals surface area contributed by atoms with Crippen LogP contribution < -0.4 is 5.32 Å². The molecule has 0 saturated carbocycles. The topological polar surface area (TPSA) is 12.0 Å². The molecule has 1 N–H and O–H groups in total. The monoisotopic (exact) mass is 157 g/mol. The SMILES string of the molecule is C=C1/C=C\C=C/NC2=C1C=CC2. The number of nitrogens with one attached hydrogen (secondary N) is 1. The molecule has 0 aromatic rings. The normalized spacial score (nSPS) is 25.8. The van der Waals surface area contributed by atoms with Crippen LogP contribution in [0.2, 0.25) is 0 Å². The van der Waals surface area contributed by atoms with Crippen LogP contribution in [0, 0.1) is 0 Å². The molecule has 1 aliphatic carbocycles. The second kappa shape index (κ2) is 2.86. The third kappa shape index (κ3) is 1.14. The summed E-state index contributed by atoms with van der Waals surface area (Å²) in [6.07, 6.45) is 13.2. The maximum absolute atomic E-state index is 3.99. The highest BCUT2D eigenvalue weighted by molar-refractivity contribution is 5.52. The first-order valence-electron chi connectivity index (χ1n) is 4.06. The number of hydrogen-bond acceptors (Lipinski definition) is 1. The van der Waals surface area contributed by atoms with E-state index >= 15 is 0 Å². The van der Waals surface area contributed by atoms with E-state index in [1.807, 2.05) is 24.4 Å². The van der Waals surface area contributed by atoms with Crippen LogP contribution in [-0.4, -0.2) is 0 Å². The van der Waals surface area contributed by atoms with Crippen molar-refractivity contribution in [3.8, 4) is 0 Å². The van der Waals surface area contributed by atoms with Crippen LogP contribution in [0.15, 0.2) is 60.0 Å². The first-order valence-corrected chi connectivity index (χ1v) is 4.06. The average molecular weight is 157 g/mol. The van der Waals surface area contributed by atoms with E-state index < -0.39 is 0 Å². The lowest BCUT2D eigenvalue weighted by atomic mass is 10.1. The van der Waals surface area contributed by atoms with Gasteiger partial charge in [-0.05, 0) is 11.6 Å². The molecule has 2 rings (SSSR count). The summed E-state index contributed by atoms with van der Waals surface area (Å²) in [5.74, 6) is 0. The summed E-state index contributed by atoms with van der Waals surface area (Å²) in [5, 5.41) is 3.24. The van der Waals surface area contributed by atoms with E-state index in [-0.39, 0.29) is 0 Å².